The lowest BCUT2D eigenvalue weighted by Crippen LogP contribution is -2.28. The van der Waals surface area contributed by atoms with Crippen molar-refractivity contribution in [3.63, 3.8) is 0 Å². The number of nitrogens with zero attached hydrogens (tertiary/aromatic N) is 1. The quantitative estimate of drug-likeness (QED) is 0.361. The summed E-state index contributed by atoms with van der Waals surface area (Å²) in [6.07, 6.45) is -2.92. The summed E-state index contributed by atoms with van der Waals surface area (Å²) < 4.78 is 83.0. The number of hydrogen-bond donors (Lipinski definition) is 2. The molecule has 12 heteroatoms. The Morgan fingerprint density at radius 2 is 1.82 bits per heavy atom. The molecule has 1 amide bonds. The summed E-state index contributed by atoms with van der Waals surface area (Å²) in [4.78, 5) is 16.3. The van der Waals surface area contributed by atoms with Gasteiger partial charge in [0.15, 0.2) is 0 Å². The molecule has 0 fully saturated rings. The van der Waals surface area contributed by atoms with Crippen LogP contribution in [0.5, 0.6) is 0 Å². The standard InChI is InChI=1S/C22H27F4N3O4S/c1-14(15-6-7-16(18(23)11-15)13-28-34(3,31)32)21(30)27-12-17-8-9-20(22(24,25)26)29-19(17)5-4-10-33-2/h6-9,11,14,28H,4-5,10,12-13H2,1-3H3,(H,27,30). The van der Waals surface area contributed by atoms with Gasteiger partial charge >= 0.3 is 6.18 Å². The Kier molecular flexibility index (Phi) is 9.54. The van der Waals surface area contributed by atoms with Crippen molar-refractivity contribution in [2.45, 2.75) is 44.9 Å². The molecule has 188 valence electrons. The number of alkyl halides is 3. The van der Waals surface area contributed by atoms with Crippen LogP contribution >= 0.6 is 0 Å². The number of carbonyl (C=O) groups excluding carboxylic acids is 1. The zero-order chi connectivity index (χ0) is 25.5. The van der Waals surface area contributed by atoms with E-state index in [4.69, 9.17) is 4.74 Å². The second-order valence-corrected chi connectivity index (χ2v) is 9.61. The second-order valence-electron chi connectivity index (χ2n) is 7.78. The summed E-state index contributed by atoms with van der Waals surface area (Å²) in [5, 5.41) is 2.66. The largest absolute Gasteiger partial charge is 0.433 e. The van der Waals surface area contributed by atoms with Crippen molar-refractivity contribution in [3.05, 3.63) is 64.2 Å². The van der Waals surface area contributed by atoms with E-state index in [-0.39, 0.29) is 30.8 Å². The molecule has 0 aliphatic heterocycles. The fourth-order valence-electron chi connectivity index (χ4n) is 3.12. The number of rotatable bonds is 11. The first-order valence-electron chi connectivity index (χ1n) is 10.4. The monoisotopic (exact) mass is 505 g/mol. The predicted molar refractivity (Wildman–Crippen MR) is 118 cm³/mol. The SMILES string of the molecule is COCCCc1nc(C(F)(F)F)ccc1CNC(=O)C(C)c1ccc(CNS(C)(=O)=O)c(F)c1. The van der Waals surface area contributed by atoms with Crippen molar-refractivity contribution in [2.75, 3.05) is 20.0 Å². The number of aryl methyl sites for hydroxylation is 1. The van der Waals surface area contributed by atoms with Crippen LogP contribution in [0, 0.1) is 5.82 Å². The summed E-state index contributed by atoms with van der Waals surface area (Å²) in [6.45, 7) is 1.64. The molecule has 7 nitrogen and oxygen atoms in total. The van der Waals surface area contributed by atoms with E-state index >= 15 is 0 Å². The van der Waals surface area contributed by atoms with Gasteiger partial charge in [-0.05, 0) is 43.0 Å². The van der Waals surface area contributed by atoms with Gasteiger partial charge in [-0.2, -0.15) is 13.2 Å². The van der Waals surface area contributed by atoms with Gasteiger partial charge in [0.1, 0.15) is 11.5 Å². The van der Waals surface area contributed by atoms with Gasteiger partial charge in [-0.3, -0.25) is 4.79 Å². The summed E-state index contributed by atoms with van der Waals surface area (Å²) >= 11 is 0. The zero-order valence-electron chi connectivity index (χ0n) is 19.0. The zero-order valence-corrected chi connectivity index (χ0v) is 19.8. The number of halogens is 4. The van der Waals surface area contributed by atoms with E-state index in [1.54, 1.807) is 6.92 Å². The number of amides is 1. The average Bonchev–Trinajstić information content (AvgIpc) is 2.75. The van der Waals surface area contributed by atoms with Crippen LogP contribution in [0.4, 0.5) is 17.6 Å². The highest BCUT2D eigenvalue weighted by Gasteiger charge is 2.33. The van der Waals surface area contributed by atoms with Crippen molar-refractivity contribution in [2.24, 2.45) is 0 Å². The molecular formula is C22H27F4N3O4S. The Balaban J connectivity index is 2.10. The molecule has 1 aromatic carbocycles. The first-order valence-corrected chi connectivity index (χ1v) is 12.3. The fraction of sp³-hybridized carbons (Fsp3) is 0.455. The Morgan fingerprint density at radius 1 is 1.15 bits per heavy atom. The van der Waals surface area contributed by atoms with Crippen molar-refractivity contribution in [1.82, 2.24) is 15.0 Å². The smallest absolute Gasteiger partial charge is 0.385 e. The Morgan fingerprint density at radius 3 is 2.41 bits per heavy atom. The van der Waals surface area contributed by atoms with Gasteiger partial charge in [-0.1, -0.05) is 18.2 Å². The van der Waals surface area contributed by atoms with Crippen molar-refractivity contribution in [1.29, 1.82) is 0 Å². The molecule has 1 aromatic heterocycles. The van der Waals surface area contributed by atoms with Crippen LogP contribution in [-0.2, 0) is 45.2 Å². The number of pyridine rings is 1. The highest BCUT2D eigenvalue weighted by Crippen LogP contribution is 2.28. The molecule has 2 aromatic rings. The molecule has 0 saturated heterocycles. The van der Waals surface area contributed by atoms with E-state index < -0.39 is 39.5 Å². The lowest BCUT2D eigenvalue weighted by atomic mass is 9.98. The number of hydrogen-bond acceptors (Lipinski definition) is 5. The molecule has 0 spiro atoms. The highest BCUT2D eigenvalue weighted by atomic mass is 32.2. The maximum atomic E-state index is 14.4. The lowest BCUT2D eigenvalue weighted by Gasteiger charge is -2.16. The molecular weight excluding hydrogens is 478 g/mol. The number of benzene rings is 1. The molecule has 0 aliphatic rings. The van der Waals surface area contributed by atoms with Crippen LogP contribution in [0.1, 0.15) is 47.3 Å². The third-order valence-corrected chi connectivity index (χ3v) is 5.74. The van der Waals surface area contributed by atoms with Crippen molar-refractivity contribution >= 4 is 15.9 Å². The number of nitrogens with one attached hydrogen (secondary N) is 2. The van der Waals surface area contributed by atoms with Crippen LogP contribution in [-0.4, -0.2) is 39.3 Å². The highest BCUT2D eigenvalue weighted by molar-refractivity contribution is 7.88. The minimum atomic E-state index is -4.58. The third kappa shape index (κ3) is 8.33. The topological polar surface area (TPSA) is 97.4 Å². The Labute approximate surface area is 196 Å². The van der Waals surface area contributed by atoms with Gasteiger partial charge in [0, 0.05) is 38.1 Å². The Hall–Kier alpha value is -2.57. The van der Waals surface area contributed by atoms with E-state index in [0.29, 0.717) is 24.2 Å². The number of methoxy groups -OCH3 is 1. The minimum absolute atomic E-state index is 0.0462. The summed E-state index contributed by atoms with van der Waals surface area (Å²) in [5.41, 5.74) is 0.137. The van der Waals surface area contributed by atoms with Gasteiger partial charge in [0.05, 0.1) is 12.2 Å². The van der Waals surface area contributed by atoms with E-state index in [1.165, 1.54) is 25.3 Å². The molecule has 0 radical (unpaired) electrons. The van der Waals surface area contributed by atoms with Crippen LogP contribution in [0.15, 0.2) is 30.3 Å². The molecule has 1 atom stereocenters. The van der Waals surface area contributed by atoms with E-state index in [1.807, 2.05) is 0 Å². The Bertz CT molecular complexity index is 1110. The molecule has 0 bridgehead atoms. The van der Waals surface area contributed by atoms with Crippen LogP contribution in [0.3, 0.4) is 0 Å². The van der Waals surface area contributed by atoms with Gasteiger partial charge in [-0.25, -0.2) is 22.5 Å². The first-order chi connectivity index (χ1) is 15.8. The number of carbonyl (C=O) groups is 1. The normalized spacial score (nSPS) is 13.0. The summed E-state index contributed by atoms with van der Waals surface area (Å²) in [6, 6.07) is 6.21. The fourth-order valence-corrected chi connectivity index (χ4v) is 3.54. The van der Waals surface area contributed by atoms with Crippen molar-refractivity contribution < 1.29 is 35.5 Å². The molecule has 1 heterocycles. The van der Waals surface area contributed by atoms with Crippen molar-refractivity contribution in [3.8, 4) is 0 Å². The average molecular weight is 506 g/mol. The van der Waals surface area contributed by atoms with Gasteiger partial charge < -0.3 is 10.1 Å². The van der Waals surface area contributed by atoms with Crippen LogP contribution in [0.2, 0.25) is 0 Å². The molecule has 34 heavy (non-hydrogen) atoms. The minimum Gasteiger partial charge on any atom is -0.385 e. The predicted octanol–water partition coefficient (Wildman–Crippen LogP) is 3.29. The van der Waals surface area contributed by atoms with Gasteiger partial charge in [0.2, 0.25) is 15.9 Å². The molecule has 0 aliphatic carbocycles. The van der Waals surface area contributed by atoms with Crippen LogP contribution in [0.25, 0.3) is 0 Å². The number of sulfonamides is 1. The van der Waals surface area contributed by atoms with E-state index in [9.17, 15) is 30.8 Å². The van der Waals surface area contributed by atoms with E-state index in [2.05, 4.69) is 15.0 Å². The maximum Gasteiger partial charge on any atom is 0.433 e. The van der Waals surface area contributed by atoms with Gasteiger partial charge in [0.25, 0.3) is 0 Å². The first kappa shape index (κ1) is 27.7. The molecule has 1 unspecified atom stereocenters. The molecule has 2 N–H and O–H groups in total. The molecule has 0 saturated carbocycles. The van der Waals surface area contributed by atoms with Crippen LogP contribution < -0.4 is 10.0 Å². The van der Waals surface area contributed by atoms with E-state index in [0.717, 1.165) is 18.4 Å². The summed E-state index contributed by atoms with van der Waals surface area (Å²) in [7, 11) is -2.00. The second kappa shape index (κ2) is 11.7. The summed E-state index contributed by atoms with van der Waals surface area (Å²) in [5.74, 6) is -1.88. The molecule has 2 rings (SSSR count). The lowest BCUT2D eigenvalue weighted by molar-refractivity contribution is -0.141. The maximum absolute atomic E-state index is 14.4. The third-order valence-electron chi connectivity index (χ3n) is 5.07. The number of ether oxygens (including phenoxy) is 1. The van der Waals surface area contributed by atoms with Gasteiger partial charge in [-0.15, -0.1) is 0 Å². The number of aromatic nitrogens is 1.